The first-order chi connectivity index (χ1) is 9.94. The number of carbonyl (C=O) groups is 1. The lowest BCUT2D eigenvalue weighted by molar-refractivity contribution is 0.150. The van der Waals surface area contributed by atoms with Gasteiger partial charge in [-0.1, -0.05) is 11.3 Å². The third-order valence-corrected chi connectivity index (χ3v) is 3.35. The Labute approximate surface area is 123 Å². The number of nitrogens with zero attached hydrogens (tertiary/aromatic N) is 3. The number of halogens is 2. The van der Waals surface area contributed by atoms with Crippen LogP contribution in [0.4, 0.5) is 18.7 Å². The molecule has 2 rings (SSSR count). The highest BCUT2D eigenvalue weighted by Crippen LogP contribution is 2.24. The van der Waals surface area contributed by atoms with E-state index in [1.165, 1.54) is 0 Å². The standard InChI is InChI=1S/C11H14F2N6OS/c1-5(3-7-4-6(2)16-17-7)14-10(20)15-11-19-18-9(21-11)8(12)13/h4-5,8H,3H2,1-2H3,(H,16,17)(H2,14,15,19,20). The highest BCUT2D eigenvalue weighted by Gasteiger charge is 2.16. The quantitative estimate of drug-likeness (QED) is 0.788. The highest BCUT2D eigenvalue weighted by atomic mass is 32.1. The first-order valence-corrected chi connectivity index (χ1v) is 6.95. The molecule has 2 heterocycles. The number of alkyl halides is 2. The van der Waals surface area contributed by atoms with E-state index in [-0.39, 0.29) is 11.2 Å². The molecular formula is C11H14F2N6OS. The summed E-state index contributed by atoms with van der Waals surface area (Å²) in [6.45, 7) is 3.70. The number of amides is 2. The minimum atomic E-state index is -2.69. The van der Waals surface area contributed by atoms with Crippen molar-refractivity contribution in [3.05, 3.63) is 22.5 Å². The largest absolute Gasteiger partial charge is 0.335 e. The van der Waals surface area contributed by atoms with Gasteiger partial charge in [-0.3, -0.25) is 10.4 Å². The Morgan fingerprint density at radius 1 is 1.48 bits per heavy atom. The van der Waals surface area contributed by atoms with Crippen LogP contribution in [0.25, 0.3) is 0 Å². The van der Waals surface area contributed by atoms with Gasteiger partial charge in [0.25, 0.3) is 6.43 Å². The van der Waals surface area contributed by atoms with Crippen LogP contribution in [0.3, 0.4) is 0 Å². The molecule has 0 bridgehead atoms. The molecule has 0 radical (unpaired) electrons. The number of nitrogens with one attached hydrogen (secondary N) is 3. The van der Waals surface area contributed by atoms with Crippen molar-refractivity contribution >= 4 is 22.5 Å². The predicted octanol–water partition coefficient (Wildman–Crippen LogP) is 2.26. The van der Waals surface area contributed by atoms with Gasteiger partial charge in [-0.2, -0.15) is 5.10 Å². The number of aryl methyl sites for hydroxylation is 1. The fourth-order valence-corrected chi connectivity index (χ4v) is 2.27. The van der Waals surface area contributed by atoms with Crippen LogP contribution in [0.1, 0.15) is 29.7 Å². The van der Waals surface area contributed by atoms with E-state index < -0.39 is 17.5 Å². The van der Waals surface area contributed by atoms with Gasteiger partial charge in [0, 0.05) is 18.2 Å². The van der Waals surface area contributed by atoms with Crippen LogP contribution in [0.15, 0.2) is 6.07 Å². The summed E-state index contributed by atoms with van der Waals surface area (Å²) in [7, 11) is 0. The van der Waals surface area contributed by atoms with Crippen molar-refractivity contribution in [1.29, 1.82) is 0 Å². The SMILES string of the molecule is Cc1cc(CC(C)NC(=O)Nc2nnc(C(F)F)s2)n[nH]1. The molecule has 1 unspecified atom stereocenters. The summed E-state index contributed by atoms with van der Waals surface area (Å²) < 4.78 is 24.7. The van der Waals surface area contributed by atoms with Gasteiger partial charge in [-0.25, -0.2) is 13.6 Å². The monoisotopic (exact) mass is 316 g/mol. The lowest BCUT2D eigenvalue weighted by Crippen LogP contribution is -2.37. The summed E-state index contributed by atoms with van der Waals surface area (Å²) in [6, 6.07) is 1.19. The van der Waals surface area contributed by atoms with Crippen molar-refractivity contribution < 1.29 is 13.6 Å². The molecule has 0 saturated heterocycles. The zero-order valence-corrected chi connectivity index (χ0v) is 12.2. The Kier molecular flexibility index (Phi) is 4.78. The molecule has 2 aromatic heterocycles. The molecule has 1 atom stereocenters. The highest BCUT2D eigenvalue weighted by molar-refractivity contribution is 7.15. The van der Waals surface area contributed by atoms with Crippen LogP contribution in [0, 0.1) is 6.92 Å². The Morgan fingerprint density at radius 3 is 2.81 bits per heavy atom. The summed E-state index contributed by atoms with van der Waals surface area (Å²) in [5, 5.41) is 18.3. The summed E-state index contributed by atoms with van der Waals surface area (Å²) >= 11 is 0.642. The number of aromatic amines is 1. The molecule has 0 aromatic carbocycles. The second-order valence-electron chi connectivity index (χ2n) is 4.49. The number of hydrogen-bond acceptors (Lipinski definition) is 5. The van der Waals surface area contributed by atoms with Gasteiger partial charge in [0.2, 0.25) is 5.13 Å². The van der Waals surface area contributed by atoms with Gasteiger partial charge >= 0.3 is 6.03 Å². The van der Waals surface area contributed by atoms with Crippen LogP contribution in [-0.4, -0.2) is 32.5 Å². The fraction of sp³-hybridized carbons (Fsp3) is 0.455. The molecule has 3 N–H and O–H groups in total. The minimum Gasteiger partial charge on any atom is -0.335 e. The van der Waals surface area contributed by atoms with E-state index in [0.29, 0.717) is 17.8 Å². The van der Waals surface area contributed by atoms with Gasteiger partial charge in [-0.15, -0.1) is 10.2 Å². The molecule has 21 heavy (non-hydrogen) atoms. The second kappa shape index (κ2) is 6.57. The first-order valence-electron chi connectivity index (χ1n) is 6.14. The molecule has 0 aliphatic carbocycles. The number of H-pyrrole nitrogens is 1. The molecule has 2 amide bonds. The molecule has 114 valence electrons. The van der Waals surface area contributed by atoms with E-state index in [1.807, 2.05) is 19.9 Å². The number of rotatable bonds is 5. The summed E-state index contributed by atoms with van der Waals surface area (Å²) in [6.07, 6.45) is -2.14. The van der Waals surface area contributed by atoms with Gasteiger partial charge in [0.15, 0.2) is 5.01 Å². The van der Waals surface area contributed by atoms with E-state index in [2.05, 4.69) is 31.0 Å². The van der Waals surface area contributed by atoms with Gasteiger partial charge in [0.1, 0.15) is 0 Å². The lowest BCUT2D eigenvalue weighted by Gasteiger charge is -2.12. The maximum Gasteiger partial charge on any atom is 0.321 e. The van der Waals surface area contributed by atoms with E-state index in [1.54, 1.807) is 0 Å². The summed E-state index contributed by atoms with van der Waals surface area (Å²) in [4.78, 5) is 11.7. The lowest BCUT2D eigenvalue weighted by atomic mass is 10.2. The molecular weight excluding hydrogens is 302 g/mol. The van der Waals surface area contributed by atoms with Crippen LogP contribution in [0.2, 0.25) is 0 Å². The number of urea groups is 1. The molecule has 0 aliphatic rings. The van der Waals surface area contributed by atoms with Crippen molar-refractivity contribution in [1.82, 2.24) is 25.7 Å². The Hall–Kier alpha value is -2.10. The van der Waals surface area contributed by atoms with Crippen LogP contribution < -0.4 is 10.6 Å². The fourth-order valence-electron chi connectivity index (χ4n) is 1.67. The van der Waals surface area contributed by atoms with Crippen LogP contribution >= 0.6 is 11.3 Å². The van der Waals surface area contributed by atoms with Gasteiger partial charge in [-0.05, 0) is 19.9 Å². The Balaban J connectivity index is 1.83. The normalized spacial score (nSPS) is 12.4. The zero-order valence-electron chi connectivity index (χ0n) is 11.4. The average Bonchev–Trinajstić information content (AvgIpc) is 2.98. The number of aromatic nitrogens is 4. The average molecular weight is 316 g/mol. The smallest absolute Gasteiger partial charge is 0.321 e. The van der Waals surface area contributed by atoms with Crippen molar-refractivity contribution in [2.24, 2.45) is 0 Å². The molecule has 2 aromatic rings. The van der Waals surface area contributed by atoms with Crippen LogP contribution in [-0.2, 0) is 6.42 Å². The molecule has 0 saturated carbocycles. The van der Waals surface area contributed by atoms with Crippen molar-refractivity contribution in [2.75, 3.05) is 5.32 Å². The number of hydrogen-bond donors (Lipinski definition) is 3. The van der Waals surface area contributed by atoms with Crippen molar-refractivity contribution in [3.8, 4) is 0 Å². The minimum absolute atomic E-state index is 0.0330. The Bertz CT molecular complexity index is 613. The van der Waals surface area contributed by atoms with Gasteiger partial charge in [0.05, 0.1) is 5.69 Å². The molecule has 0 fully saturated rings. The second-order valence-corrected chi connectivity index (χ2v) is 5.50. The van der Waals surface area contributed by atoms with Gasteiger partial charge < -0.3 is 5.32 Å². The van der Waals surface area contributed by atoms with Crippen molar-refractivity contribution in [3.63, 3.8) is 0 Å². The zero-order chi connectivity index (χ0) is 15.4. The summed E-state index contributed by atoms with van der Waals surface area (Å²) in [5.74, 6) is 0. The number of carbonyl (C=O) groups excluding carboxylic acids is 1. The molecule has 0 spiro atoms. The summed E-state index contributed by atoms with van der Waals surface area (Å²) in [5.41, 5.74) is 1.77. The maximum atomic E-state index is 12.3. The molecule has 10 heteroatoms. The first kappa shape index (κ1) is 15.3. The molecule has 0 aliphatic heterocycles. The van der Waals surface area contributed by atoms with Crippen LogP contribution in [0.5, 0.6) is 0 Å². The van der Waals surface area contributed by atoms with E-state index in [9.17, 15) is 13.6 Å². The van der Waals surface area contributed by atoms with Crippen molar-refractivity contribution in [2.45, 2.75) is 32.7 Å². The third-order valence-electron chi connectivity index (χ3n) is 2.50. The topological polar surface area (TPSA) is 95.6 Å². The molecule has 7 nitrogen and oxygen atoms in total. The predicted molar refractivity (Wildman–Crippen MR) is 73.5 cm³/mol. The van der Waals surface area contributed by atoms with E-state index in [4.69, 9.17) is 0 Å². The third kappa shape index (κ3) is 4.45. The number of anilines is 1. The Morgan fingerprint density at radius 2 is 2.24 bits per heavy atom. The maximum absolute atomic E-state index is 12.3. The van der Waals surface area contributed by atoms with E-state index in [0.717, 1.165) is 11.4 Å². The van der Waals surface area contributed by atoms with E-state index >= 15 is 0 Å².